The molecule has 0 aromatic carbocycles. The highest BCUT2D eigenvalue weighted by Crippen LogP contribution is 2.19. The molecule has 0 aliphatic carbocycles. The van der Waals surface area contributed by atoms with Gasteiger partial charge in [-0.05, 0) is 25.5 Å². The van der Waals surface area contributed by atoms with E-state index in [1.165, 1.54) is 4.88 Å². The molecule has 12 heavy (non-hydrogen) atoms. The molecule has 0 fully saturated rings. The van der Waals surface area contributed by atoms with Crippen molar-refractivity contribution >= 4 is 17.1 Å². The van der Waals surface area contributed by atoms with E-state index in [0.717, 1.165) is 11.3 Å². The molecule has 0 aliphatic rings. The van der Waals surface area contributed by atoms with Gasteiger partial charge in [0.1, 0.15) is 0 Å². The minimum absolute atomic E-state index is 0.169. The van der Waals surface area contributed by atoms with Gasteiger partial charge in [0, 0.05) is 10.8 Å². The van der Waals surface area contributed by atoms with Crippen LogP contribution in [-0.2, 0) is 0 Å². The Balaban J connectivity index is 2.78. The van der Waals surface area contributed by atoms with Crippen molar-refractivity contribution in [3.05, 3.63) is 21.9 Å². The summed E-state index contributed by atoms with van der Waals surface area (Å²) < 4.78 is 0. The number of carbonyl (C=O) groups is 1. The Morgan fingerprint density at radius 2 is 2.25 bits per heavy atom. The molecule has 0 saturated carbocycles. The summed E-state index contributed by atoms with van der Waals surface area (Å²) in [4.78, 5) is 13.7. The first kappa shape index (κ1) is 9.46. The fourth-order valence-electron chi connectivity index (χ4n) is 0.995. The van der Waals surface area contributed by atoms with Crippen LogP contribution in [-0.4, -0.2) is 5.78 Å². The first-order valence-corrected chi connectivity index (χ1v) is 5.07. The first-order chi connectivity index (χ1) is 5.65. The van der Waals surface area contributed by atoms with E-state index in [1.54, 1.807) is 11.3 Å². The molecule has 1 heterocycles. The molecule has 1 unspecified atom stereocenters. The fourth-order valence-corrected chi connectivity index (χ4v) is 1.92. The van der Waals surface area contributed by atoms with Gasteiger partial charge in [-0.1, -0.05) is 13.8 Å². The quantitative estimate of drug-likeness (QED) is 0.656. The monoisotopic (exact) mass is 182 g/mol. The lowest BCUT2D eigenvalue weighted by atomic mass is 10.0. The van der Waals surface area contributed by atoms with Crippen LogP contribution in [0.25, 0.3) is 0 Å². The van der Waals surface area contributed by atoms with E-state index in [4.69, 9.17) is 0 Å². The van der Waals surface area contributed by atoms with Crippen LogP contribution in [0.2, 0.25) is 0 Å². The summed E-state index contributed by atoms with van der Waals surface area (Å²) in [5, 5.41) is 0. The smallest absolute Gasteiger partial charge is 0.175 e. The topological polar surface area (TPSA) is 17.1 Å². The van der Waals surface area contributed by atoms with E-state index in [-0.39, 0.29) is 11.7 Å². The van der Waals surface area contributed by atoms with E-state index < -0.39 is 0 Å². The number of rotatable bonds is 3. The minimum Gasteiger partial charge on any atom is -0.293 e. The number of aryl methyl sites for hydroxylation is 1. The lowest BCUT2D eigenvalue weighted by Gasteiger charge is -2.03. The van der Waals surface area contributed by atoms with E-state index in [9.17, 15) is 4.79 Å². The van der Waals surface area contributed by atoms with Crippen molar-refractivity contribution in [1.29, 1.82) is 0 Å². The molecule has 1 nitrogen and oxygen atoms in total. The molecular formula is C10H14OS. The summed E-state index contributed by atoms with van der Waals surface area (Å²) in [5.74, 6) is 0.457. The van der Waals surface area contributed by atoms with Gasteiger partial charge in [0.25, 0.3) is 0 Å². The van der Waals surface area contributed by atoms with Crippen molar-refractivity contribution in [3.63, 3.8) is 0 Å². The van der Waals surface area contributed by atoms with Crippen LogP contribution in [0.3, 0.4) is 0 Å². The summed E-state index contributed by atoms with van der Waals surface area (Å²) in [6, 6.07) is 3.93. The van der Waals surface area contributed by atoms with Gasteiger partial charge in [-0.3, -0.25) is 4.79 Å². The van der Waals surface area contributed by atoms with Gasteiger partial charge in [0.2, 0.25) is 0 Å². The molecule has 0 saturated heterocycles. The Labute approximate surface area is 77.4 Å². The SMILES string of the molecule is CCC(C)C(=O)c1ccc(C)s1. The van der Waals surface area contributed by atoms with Crippen LogP contribution < -0.4 is 0 Å². The van der Waals surface area contributed by atoms with Crippen molar-refractivity contribution in [2.75, 3.05) is 0 Å². The molecule has 0 aliphatic heterocycles. The maximum atomic E-state index is 11.6. The van der Waals surface area contributed by atoms with E-state index in [2.05, 4.69) is 0 Å². The second-order valence-corrected chi connectivity index (χ2v) is 4.37. The molecule has 1 atom stereocenters. The Morgan fingerprint density at radius 3 is 2.67 bits per heavy atom. The zero-order valence-electron chi connectivity index (χ0n) is 7.76. The molecular weight excluding hydrogens is 168 g/mol. The lowest BCUT2D eigenvalue weighted by molar-refractivity contribution is 0.0931. The second kappa shape index (κ2) is 3.85. The third-order valence-electron chi connectivity index (χ3n) is 2.04. The van der Waals surface area contributed by atoms with Crippen molar-refractivity contribution < 1.29 is 4.79 Å². The average Bonchev–Trinajstić information content (AvgIpc) is 2.49. The third-order valence-corrected chi connectivity index (χ3v) is 3.06. The molecule has 1 aromatic rings. The summed E-state index contributed by atoms with van der Waals surface area (Å²) in [7, 11) is 0. The minimum atomic E-state index is 0.169. The predicted octanol–water partition coefficient (Wildman–Crippen LogP) is 3.29. The summed E-state index contributed by atoms with van der Waals surface area (Å²) in [5.41, 5.74) is 0. The number of hydrogen-bond acceptors (Lipinski definition) is 2. The largest absolute Gasteiger partial charge is 0.293 e. The lowest BCUT2D eigenvalue weighted by Crippen LogP contribution is -2.07. The third kappa shape index (κ3) is 1.95. The maximum Gasteiger partial charge on any atom is 0.175 e. The Hall–Kier alpha value is -0.630. The highest BCUT2D eigenvalue weighted by atomic mass is 32.1. The second-order valence-electron chi connectivity index (χ2n) is 3.08. The number of ketones is 1. The number of carbonyl (C=O) groups excluding carboxylic acids is 1. The van der Waals surface area contributed by atoms with Crippen molar-refractivity contribution in [3.8, 4) is 0 Å². The van der Waals surface area contributed by atoms with Crippen LogP contribution in [0.4, 0.5) is 0 Å². The fraction of sp³-hybridized carbons (Fsp3) is 0.500. The highest BCUT2D eigenvalue weighted by Gasteiger charge is 2.14. The van der Waals surface area contributed by atoms with Crippen LogP contribution in [0.15, 0.2) is 12.1 Å². The Kier molecular flexibility index (Phi) is 3.04. The van der Waals surface area contributed by atoms with Gasteiger partial charge in [-0.2, -0.15) is 0 Å². The Bertz CT molecular complexity index is 275. The van der Waals surface area contributed by atoms with Crippen molar-refractivity contribution in [2.45, 2.75) is 27.2 Å². The maximum absolute atomic E-state index is 11.6. The van der Waals surface area contributed by atoms with Gasteiger partial charge >= 0.3 is 0 Å². The van der Waals surface area contributed by atoms with Crippen LogP contribution >= 0.6 is 11.3 Å². The average molecular weight is 182 g/mol. The van der Waals surface area contributed by atoms with Gasteiger partial charge in [0.05, 0.1) is 4.88 Å². The van der Waals surface area contributed by atoms with Gasteiger partial charge in [0.15, 0.2) is 5.78 Å². The van der Waals surface area contributed by atoms with Crippen LogP contribution in [0.5, 0.6) is 0 Å². The van der Waals surface area contributed by atoms with Crippen LogP contribution in [0, 0.1) is 12.8 Å². The van der Waals surface area contributed by atoms with Crippen molar-refractivity contribution in [1.82, 2.24) is 0 Å². The van der Waals surface area contributed by atoms with Gasteiger partial charge in [-0.15, -0.1) is 11.3 Å². The molecule has 0 bridgehead atoms. The standard InChI is InChI=1S/C10H14OS/c1-4-7(2)10(11)9-6-5-8(3)12-9/h5-7H,4H2,1-3H3. The summed E-state index contributed by atoms with van der Waals surface area (Å²) in [6.45, 7) is 6.05. The zero-order chi connectivity index (χ0) is 9.14. The van der Waals surface area contributed by atoms with E-state index in [1.807, 2.05) is 32.9 Å². The molecule has 0 radical (unpaired) electrons. The molecule has 66 valence electrons. The van der Waals surface area contributed by atoms with Gasteiger partial charge in [-0.25, -0.2) is 0 Å². The molecule has 0 N–H and O–H groups in total. The van der Waals surface area contributed by atoms with Crippen LogP contribution in [0.1, 0.15) is 34.8 Å². The number of Topliss-reactive ketones (excluding diaryl/α,β-unsaturated/α-hetero) is 1. The number of thiophene rings is 1. The summed E-state index contributed by atoms with van der Waals surface area (Å²) in [6.07, 6.45) is 0.926. The summed E-state index contributed by atoms with van der Waals surface area (Å²) >= 11 is 1.59. The van der Waals surface area contributed by atoms with E-state index in [0.29, 0.717) is 0 Å². The Morgan fingerprint density at radius 1 is 1.58 bits per heavy atom. The zero-order valence-corrected chi connectivity index (χ0v) is 8.57. The first-order valence-electron chi connectivity index (χ1n) is 4.25. The molecule has 1 aromatic heterocycles. The molecule has 1 rings (SSSR count). The van der Waals surface area contributed by atoms with E-state index >= 15 is 0 Å². The normalized spacial score (nSPS) is 12.9. The number of hydrogen-bond donors (Lipinski definition) is 0. The predicted molar refractivity (Wildman–Crippen MR) is 52.8 cm³/mol. The molecule has 0 amide bonds. The van der Waals surface area contributed by atoms with Gasteiger partial charge < -0.3 is 0 Å². The van der Waals surface area contributed by atoms with Crippen molar-refractivity contribution in [2.24, 2.45) is 5.92 Å². The molecule has 0 spiro atoms. The molecule has 2 heteroatoms. The highest BCUT2D eigenvalue weighted by molar-refractivity contribution is 7.14.